The Labute approximate surface area is 68.2 Å². The third-order valence-corrected chi connectivity index (χ3v) is 3.50. The monoisotopic (exact) mass is 152 g/mol. The van der Waals surface area contributed by atoms with Crippen LogP contribution in [0.1, 0.15) is 39.0 Å². The van der Waals surface area contributed by atoms with Crippen LogP contribution < -0.4 is 0 Å². The number of fused-ring (bicyclic) bond motifs is 2. The quantitative estimate of drug-likeness (QED) is 0.593. The Bertz CT molecular complexity index is 174. The third-order valence-electron chi connectivity index (χ3n) is 3.50. The summed E-state index contributed by atoms with van der Waals surface area (Å²) in [5.41, 5.74) is 0. The van der Waals surface area contributed by atoms with E-state index in [2.05, 4.69) is 0 Å². The molecule has 2 aliphatic rings. The van der Waals surface area contributed by atoms with Gasteiger partial charge >= 0.3 is 0 Å². The van der Waals surface area contributed by atoms with Crippen molar-refractivity contribution in [2.45, 2.75) is 39.0 Å². The minimum Gasteiger partial charge on any atom is -0.299 e. The van der Waals surface area contributed by atoms with E-state index in [4.69, 9.17) is 0 Å². The molecule has 0 amide bonds. The lowest BCUT2D eigenvalue weighted by molar-refractivity contribution is -0.124. The van der Waals surface area contributed by atoms with E-state index in [-0.39, 0.29) is 0 Å². The smallest absolute Gasteiger partial charge is 0.135 e. The van der Waals surface area contributed by atoms with Crippen LogP contribution in [0, 0.1) is 17.8 Å². The van der Waals surface area contributed by atoms with Crippen LogP contribution in [-0.4, -0.2) is 5.78 Å². The molecule has 3 atom stereocenters. The normalized spacial score (nSPS) is 41.4. The van der Waals surface area contributed by atoms with Gasteiger partial charge in [0.15, 0.2) is 0 Å². The zero-order chi connectivity index (χ0) is 7.84. The zero-order valence-corrected chi connectivity index (χ0v) is 7.18. The highest BCUT2D eigenvalue weighted by Crippen LogP contribution is 2.48. The highest BCUT2D eigenvalue weighted by Gasteiger charge is 2.41. The van der Waals surface area contributed by atoms with E-state index in [0.29, 0.717) is 11.7 Å². The molecule has 0 aromatic heterocycles. The topological polar surface area (TPSA) is 17.1 Å². The van der Waals surface area contributed by atoms with Crippen LogP contribution in [0.4, 0.5) is 0 Å². The number of Topliss-reactive ketones (excluding diaryl/α,β-unsaturated/α-hetero) is 1. The molecule has 2 fully saturated rings. The molecule has 1 heteroatoms. The van der Waals surface area contributed by atoms with Crippen LogP contribution >= 0.6 is 0 Å². The molecular weight excluding hydrogens is 136 g/mol. The SMILES string of the molecule is CCC(=O)C1CC2CCC1C2. The molecule has 0 radical (unpaired) electrons. The fourth-order valence-electron chi connectivity index (χ4n) is 2.90. The van der Waals surface area contributed by atoms with Gasteiger partial charge in [-0.05, 0) is 31.1 Å². The molecule has 1 nitrogen and oxygen atoms in total. The molecular formula is C10H16O. The van der Waals surface area contributed by atoms with Crippen molar-refractivity contribution in [3.05, 3.63) is 0 Å². The maximum Gasteiger partial charge on any atom is 0.135 e. The Hall–Kier alpha value is -0.330. The van der Waals surface area contributed by atoms with E-state index in [1.165, 1.54) is 25.7 Å². The summed E-state index contributed by atoms with van der Waals surface area (Å²) >= 11 is 0. The first-order valence-corrected chi connectivity index (χ1v) is 4.84. The molecule has 11 heavy (non-hydrogen) atoms. The molecule has 2 bridgehead atoms. The number of ketones is 1. The predicted molar refractivity (Wildman–Crippen MR) is 44.2 cm³/mol. The average molecular weight is 152 g/mol. The van der Waals surface area contributed by atoms with Crippen molar-refractivity contribution < 1.29 is 4.79 Å². The van der Waals surface area contributed by atoms with E-state index in [0.717, 1.165) is 18.3 Å². The van der Waals surface area contributed by atoms with Crippen molar-refractivity contribution in [2.75, 3.05) is 0 Å². The summed E-state index contributed by atoms with van der Waals surface area (Å²) in [6, 6.07) is 0. The van der Waals surface area contributed by atoms with Crippen LogP contribution in [0.3, 0.4) is 0 Å². The van der Waals surface area contributed by atoms with E-state index in [9.17, 15) is 4.79 Å². The van der Waals surface area contributed by atoms with E-state index >= 15 is 0 Å². The van der Waals surface area contributed by atoms with Crippen molar-refractivity contribution in [1.82, 2.24) is 0 Å². The minimum absolute atomic E-state index is 0.471. The highest BCUT2D eigenvalue weighted by molar-refractivity contribution is 5.81. The zero-order valence-electron chi connectivity index (χ0n) is 7.18. The summed E-state index contributed by atoms with van der Waals surface area (Å²) in [6.45, 7) is 1.99. The van der Waals surface area contributed by atoms with E-state index in [1.54, 1.807) is 0 Å². The van der Waals surface area contributed by atoms with Gasteiger partial charge in [0, 0.05) is 12.3 Å². The highest BCUT2D eigenvalue weighted by atomic mass is 16.1. The standard InChI is InChI=1S/C10H16O/c1-2-10(11)9-6-7-3-4-8(9)5-7/h7-9H,2-6H2,1H3. The van der Waals surface area contributed by atoms with Gasteiger partial charge in [-0.15, -0.1) is 0 Å². The van der Waals surface area contributed by atoms with Crippen molar-refractivity contribution in [1.29, 1.82) is 0 Å². The molecule has 0 aromatic carbocycles. The molecule has 0 aromatic rings. The van der Waals surface area contributed by atoms with Gasteiger partial charge in [0.1, 0.15) is 5.78 Å². The third kappa shape index (κ3) is 1.11. The van der Waals surface area contributed by atoms with Gasteiger partial charge in [-0.2, -0.15) is 0 Å². The van der Waals surface area contributed by atoms with Crippen LogP contribution in [0.5, 0.6) is 0 Å². The lowest BCUT2D eigenvalue weighted by Gasteiger charge is -2.19. The second kappa shape index (κ2) is 2.62. The van der Waals surface area contributed by atoms with Gasteiger partial charge in [0.2, 0.25) is 0 Å². The summed E-state index contributed by atoms with van der Waals surface area (Å²) in [4.78, 5) is 11.4. The van der Waals surface area contributed by atoms with Crippen molar-refractivity contribution in [3.63, 3.8) is 0 Å². The summed E-state index contributed by atoms with van der Waals surface area (Å²) < 4.78 is 0. The number of hydrogen-bond donors (Lipinski definition) is 0. The van der Waals surface area contributed by atoms with E-state index in [1.807, 2.05) is 6.92 Å². The first-order chi connectivity index (χ1) is 5.31. The summed E-state index contributed by atoms with van der Waals surface area (Å²) in [5.74, 6) is 2.70. The van der Waals surface area contributed by atoms with E-state index < -0.39 is 0 Å². The van der Waals surface area contributed by atoms with Gasteiger partial charge in [0.25, 0.3) is 0 Å². The van der Waals surface area contributed by atoms with Crippen molar-refractivity contribution >= 4 is 5.78 Å². The Kier molecular flexibility index (Phi) is 1.74. The van der Waals surface area contributed by atoms with Crippen LogP contribution in [0.15, 0.2) is 0 Å². The molecule has 3 unspecified atom stereocenters. The molecule has 2 aliphatic carbocycles. The second-order valence-electron chi connectivity index (χ2n) is 4.10. The summed E-state index contributed by atoms with van der Waals surface area (Å²) in [6.07, 6.45) is 6.07. The number of carbonyl (C=O) groups excluding carboxylic acids is 1. The average Bonchev–Trinajstić information content (AvgIpc) is 2.62. The minimum atomic E-state index is 0.471. The fourth-order valence-corrected chi connectivity index (χ4v) is 2.90. The number of hydrogen-bond acceptors (Lipinski definition) is 1. The molecule has 62 valence electrons. The van der Waals surface area contributed by atoms with Crippen molar-refractivity contribution in [3.8, 4) is 0 Å². The van der Waals surface area contributed by atoms with Crippen LogP contribution in [0.25, 0.3) is 0 Å². The Balaban J connectivity index is 2.02. The number of carbonyl (C=O) groups is 1. The maximum atomic E-state index is 11.4. The molecule has 0 aliphatic heterocycles. The molecule has 0 saturated heterocycles. The Morgan fingerprint density at radius 3 is 2.64 bits per heavy atom. The molecule has 0 spiro atoms. The first kappa shape index (κ1) is 7.33. The maximum absolute atomic E-state index is 11.4. The lowest BCUT2D eigenvalue weighted by Crippen LogP contribution is -2.19. The molecule has 0 N–H and O–H groups in total. The van der Waals surface area contributed by atoms with Crippen LogP contribution in [-0.2, 0) is 4.79 Å². The Morgan fingerprint density at radius 2 is 2.18 bits per heavy atom. The summed E-state index contributed by atoms with van der Waals surface area (Å²) in [7, 11) is 0. The van der Waals surface area contributed by atoms with Gasteiger partial charge < -0.3 is 0 Å². The Morgan fingerprint density at radius 1 is 1.36 bits per heavy atom. The predicted octanol–water partition coefficient (Wildman–Crippen LogP) is 2.40. The van der Waals surface area contributed by atoms with Gasteiger partial charge in [-0.1, -0.05) is 13.3 Å². The number of rotatable bonds is 2. The first-order valence-electron chi connectivity index (χ1n) is 4.84. The summed E-state index contributed by atoms with van der Waals surface area (Å²) in [5, 5.41) is 0. The van der Waals surface area contributed by atoms with Gasteiger partial charge in [-0.25, -0.2) is 0 Å². The van der Waals surface area contributed by atoms with Crippen LogP contribution in [0.2, 0.25) is 0 Å². The second-order valence-corrected chi connectivity index (χ2v) is 4.10. The van der Waals surface area contributed by atoms with Gasteiger partial charge in [0.05, 0.1) is 0 Å². The molecule has 2 rings (SSSR count). The largest absolute Gasteiger partial charge is 0.299 e. The lowest BCUT2D eigenvalue weighted by atomic mass is 9.85. The van der Waals surface area contributed by atoms with Gasteiger partial charge in [-0.3, -0.25) is 4.79 Å². The van der Waals surface area contributed by atoms with Crippen molar-refractivity contribution in [2.24, 2.45) is 17.8 Å². The fraction of sp³-hybridized carbons (Fsp3) is 0.900. The molecule has 2 saturated carbocycles. The molecule has 0 heterocycles.